The Hall–Kier alpha value is -2.34. The van der Waals surface area contributed by atoms with Gasteiger partial charge in [0.25, 0.3) is 11.8 Å². The van der Waals surface area contributed by atoms with Gasteiger partial charge in [-0.15, -0.1) is 0 Å². The summed E-state index contributed by atoms with van der Waals surface area (Å²) >= 11 is 0. The third kappa shape index (κ3) is 3.22. The molecule has 6 heteroatoms. The van der Waals surface area contributed by atoms with Crippen LogP contribution in [0.25, 0.3) is 10.9 Å². The molecule has 6 nitrogen and oxygen atoms in total. The summed E-state index contributed by atoms with van der Waals surface area (Å²) in [6.07, 6.45) is 2.79. The molecule has 2 amide bonds. The summed E-state index contributed by atoms with van der Waals surface area (Å²) in [6.45, 7) is 0.410. The van der Waals surface area contributed by atoms with Crippen LogP contribution in [0.5, 0.6) is 0 Å². The largest absolute Gasteiger partial charge is 0.363 e. The van der Waals surface area contributed by atoms with E-state index in [4.69, 9.17) is 4.74 Å². The van der Waals surface area contributed by atoms with Gasteiger partial charge in [-0.1, -0.05) is 12.1 Å². The Bertz CT molecular complexity index is 723. The summed E-state index contributed by atoms with van der Waals surface area (Å²) in [6, 6.07) is 7.55. The Balaban J connectivity index is 1.58. The summed E-state index contributed by atoms with van der Waals surface area (Å²) in [5.74, 6) is -0.154. The molecular weight excluding hydrogens is 294 g/mol. The fourth-order valence-corrected chi connectivity index (χ4v) is 2.90. The van der Waals surface area contributed by atoms with E-state index >= 15 is 0 Å². The predicted molar refractivity (Wildman–Crippen MR) is 87.2 cm³/mol. The van der Waals surface area contributed by atoms with Crippen molar-refractivity contribution in [3.8, 4) is 0 Å². The zero-order valence-corrected chi connectivity index (χ0v) is 13.3. The van der Waals surface area contributed by atoms with Gasteiger partial charge in [0.2, 0.25) is 0 Å². The number of carbonyl (C=O) groups is 2. The number of H-pyrrole nitrogens is 1. The Morgan fingerprint density at radius 2 is 2.13 bits per heavy atom. The molecule has 0 saturated carbocycles. The molecule has 1 fully saturated rings. The van der Waals surface area contributed by atoms with Crippen LogP contribution in [0.2, 0.25) is 0 Å². The maximum absolute atomic E-state index is 12.4. The summed E-state index contributed by atoms with van der Waals surface area (Å²) in [7, 11) is 3.44. The lowest BCUT2D eigenvalue weighted by molar-refractivity contribution is -0.140. The highest BCUT2D eigenvalue weighted by atomic mass is 16.5. The van der Waals surface area contributed by atoms with Gasteiger partial charge in [0, 0.05) is 32.2 Å². The summed E-state index contributed by atoms with van der Waals surface area (Å²) in [5, 5.41) is 3.91. The first-order valence-corrected chi connectivity index (χ1v) is 7.77. The molecular formula is C17H21N3O3. The van der Waals surface area contributed by atoms with Crippen LogP contribution in [-0.4, -0.2) is 54.5 Å². The van der Waals surface area contributed by atoms with E-state index in [-0.39, 0.29) is 17.9 Å². The normalized spacial score (nSPS) is 20.6. The third-order valence-corrected chi connectivity index (χ3v) is 4.15. The second-order valence-electron chi connectivity index (χ2n) is 6.01. The number of nitrogens with zero attached hydrogens (tertiary/aromatic N) is 1. The monoisotopic (exact) mass is 315 g/mol. The number of fused-ring (bicyclic) bond motifs is 1. The van der Waals surface area contributed by atoms with Gasteiger partial charge in [-0.25, -0.2) is 0 Å². The lowest BCUT2D eigenvalue weighted by Gasteiger charge is -2.17. The molecule has 0 radical (unpaired) electrons. The number of aromatic amines is 1. The molecule has 2 N–H and O–H groups in total. The fraction of sp³-hybridized carbons (Fsp3) is 0.412. The van der Waals surface area contributed by atoms with Gasteiger partial charge in [0.05, 0.1) is 17.2 Å². The number of hydrogen-bond acceptors (Lipinski definition) is 3. The van der Waals surface area contributed by atoms with E-state index < -0.39 is 6.10 Å². The van der Waals surface area contributed by atoms with Crippen molar-refractivity contribution in [3.63, 3.8) is 0 Å². The average molecular weight is 315 g/mol. The topological polar surface area (TPSA) is 74.4 Å². The molecule has 23 heavy (non-hydrogen) atoms. The number of rotatable bonds is 4. The van der Waals surface area contributed by atoms with Crippen LogP contribution in [0, 0.1) is 0 Å². The van der Waals surface area contributed by atoms with E-state index in [1.807, 2.05) is 24.4 Å². The molecule has 1 aliphatic rings. The van der Waals surface area contributed by atoms with E-state index in [9.17, 15) is 9.59 Å². The molecule has 2 atom stereocenters. The lowest BCUT2D eigenvalue weighted by Crippen LogP contribution is -2.36. The van der Waals surface area contributed by atoms with Crippen LogP contribution >= 0.6 is 0 Å². The zero-order valence-electron chi connectivity index (χ0n) is 13.3. The molecule has 2 aromatic rings. The van der Waals surface area contributed by atoms with Gasteiger partial charge in [-0.05, 0) is 25.0 Å². The first-order chi connectivity index (χ1) is 11.1. The van der Waals surface area contributed by atoms with Gasteiger partial charge in [0.15, 0.2) is 0 Å². The van der Waals surface area contributed by atoms with Crippen molar-refractivity contribution in [2.24, 2.45) is 0 Å². The maximum Gasteiger partial charge on any atom is 0.253 e. The van der Waals surface area contributed by atoms with Crippen molar-refractivity contribution < 1.29 is 14.3 Å². The lowest BCUT2D eigenvalue weighted by atomic mass is 10.1. The van der Waals surface area contributed by atoms with E-state index in [0.717, 1.165) is 17.3 Å². The standard InChI is InChI=1S/C17H21N3O3/c1-20(2)17(22)14-7-6-12(23-14)10-19-16(21)13-5-3-4-11-8-9-18-15(11)13/h3-5,8-9,12,14,18H,6-7,10H2,1-2H3,(H,19,21). The highest BCUT2D eigenvalue weighted by Gasteiger charge is 2.31. The van der Waals surface area contributed by atoms with Crippen LogP contribution in [0.3, 0.4) is 0 Å². The van der Waals surface area contributed by atoms with Crippen LogP contribution < -0.4 is 5.32 Å². The molecule has 0 aliphatic carbocycles. The smallest absolute Gasteiger partial charge is 0.253 e. The number of amides is 2. The summed E-state index contributed by atoms with van der Waals surface area (Å²) < 4.78 is 5.73. The van der Waals surface area contributed by atoms with E-state index in [1.165, 1.54) is 4.90 Å². The van der Waals surface area contributed by atoms with Gasteiger partial charge in [0.1, 0.15) is 6.10 Å². The highest BCUT2D eigenvalue weighted by Crippen LogP contribution is 2.21. The van der Waals surface area contributed by atoms with Crippen molar-refractivity contribution in [2.75, 3.05) is 20.6 Å². The number of hydrogen-bond donors (Lipinski definition) is 2. The van der Waals surface area contributed by atoms with Crippen molar-refractivity contribution in [3.05, 3.63) is 36.0 Å². The van der Waals surface area contributed by atoms with Crippen LogP contribution in [0.15, 0.2) is 30.5 Å². The predicted octanol–water partition coefficient (Wildman–Crippen LogP) is 1.53. The summed E-state index contributed by atoms with van der Waals surface area (Å²) in [4.78, 5) is 28.9. The molecule has 0 bridgehead atoms. The van der Waals surface area contributed by atoms with Crippen LogP contribution in [0.1, 0.15) is 23.2 Å². The second-order valence-corrected chi connectivity index (χ2v) is 6.01. The number of benzene rings is 1. The first-order valence-electron chi connectivity index (χ1n) is 7.77. The molecule has 2 heterocycles. The molecule has 1 aromatic carbocycles. The minimum atomic E-state index is -0.390. The SMILES string of the molecule is CN(C)C(=O)C1CCC(CNC(=O)c2cccc3cc[nH]c23)O1. The number of aromatic nitrogens is 1. The molecule has 122 valence electrons. The van der Waals surface area contributed by atoms with Gasteiger partial charge >= 0.3 is 0 Å². The molecule has 2 unspecified atom stereocenters. The molecule has 1 saturated heterocycles. The Labute approximate surface area is 134 Å². The maximum atomic E-state index is 12.4. The number of ether oxygens (including phenoxy) is 1. The quantitative estimate of drug-likeness (QED) is 0.898. The average Bonchev–Trinajstić information content (AvgIpc) is 3.20. The van der Waals surface area contributed by atoms with E-state index in [1.54, 1.807) is 20.2 Å². The summed E-state index contributed by atoms with van der Waals surface area (Å²) in [5.41, 5.74) is 1.45. The number of carbonyl (C=O) groups excluding carboxylic acids is 2. The van der Waals surface area contributed by atoms with Crippen LogP contribution in [0.4, 0.5) is 0 Å². The van der Waals surface area contributed by atoms with Crippen LogP contribution in [-0.2, 0) is 9.53 Å². The Morgan fingerprint density at radius 3 is 2.91 bits per heavy atom. The molecule has 1 aliphatic heterocycles. The molecule has 3 rings (SSSR count). The fourth-order valence-electron chi connectivity index (χ4n) is 2.90. The second kappa shape index (κ2) is 6.42. The Kier molecular flexibility index (Phi) is 4.34. The minimum absolute atomic E-state index is 0.0185. The van der Waals surface area contributed by atoms with Gasteiger partial charge < -0.3 is 19.9 Å². The van der Waals surface area contributed by atoms with Crippen molar-refractivity contribution in [1.29, 1.82) is 0 Å². The van der Waals surface area contributed by atoms with E-state index in [2.05, 4.69) is 10.3 Å². The first kappa shape index (κ1) is 15.6. The van der Waals surface area contributed by atoms with Crippen molar-refractivity contribution in [2.45, 2.75) is 25.0 Å². The Morgan fingerprint density at radius 1 is 1.30 bits per heavy atom. The van der Waals surface area contributed by atoms with Crippen molar-refractivity contribution >= 4 is 22.7 Å². The molecule has 1 aromatic heterocycles. The van der Waals surface area contributed by atoms with Crippen molar-refractivity contribution in [1.82, 2.24) is 15.2 Å². The van der Waals surface area contributed by atoms with Gasteiger partial charge in [-0.3, -0.25) is 9.59 Å². The number of nitrogens with one attached hydrogen (secondary N) is 2. The highest BCUT2D eigenvalue weighted by molar-refractivity contribution is 6.05. The minimum Gasteiger partial charge on any atom is -0.363 e. The number of para-hydroxylation sites is 1. The number of likely N-dealkylation sites (N-methyl/N-ethyl adjacent to an activating group) is 1. The van der Waals surface area contributed by atoms with E-state index in [0.29, 0.717) is 18.5 Å². The third-order valence-electron chi connectivity index (χ3n) is 4.15. The van der Waals surface area contributed by atoms with Gasteiger partial charge in [-0.2, -0.15) is 0 Å². The molecule has 0 spiro atoms. The zero-order chi connectivity index (χ0) is 16.4.